The van der Waals surface area contributed by atoms with Crippen LogP contribution < -0.4 is 14.2 Å². The lowest BCUT2D eigenvalue weighted by Gasteiger charge is -2.16. The van der Waals surface area contributed by atoms with Gasteiger partial charge in [0.25, 0.3) is 0 Å². The predicted molar refractivity (Wildman–Crippen MR) is 135 cm³/mol. The Hall–Kier alpha value is -5.04. The predicted octanol–water partition coefficient (Wildman–Crippen LogP) is 5.94. The van der Waals surface area contributed by atoms with Crippen LogP contribution in [0.25, 0.3) is 0 Å². The molecule has 0 atom stereocenters. The van der Waals surface area contributed by atoms with Crippen molar-refractivity contribution in [3.63, 3.8) is 0 Å². The molecule has 0 N–H and O–H groups in total. The van der Waals surface area contributed by atoms with Gasteiger partial charge < -0.3 is 14.2 Å². The van der Waals surface area contributed by atoms with E-state index in [1.165, 1.54) is 12.1 Å². The molecule has 0 spiro atoms. The SMILES string of the molecule is CCC(=O)c1cc(OC(=O)c2ccccc2)c(OC(=O)c2ccccc2)cc1OC(=O)c1ccccc1. The van der Waals surface area contributed by atoms with E-state index in [-0.39, 0.29) is 51.7 Å². The van der Waals surface area contributed by atoms with Crippen molar-refractivity contribution < 1.29 is 33.4 Å². The molecule has 0 saturated heterocycles. The van der Waals surface area contributed by atoms with Crippen molar-refractivity contribution in [2.45, 2.75) is 13.3 Å². The van der Waals surface area contributed by atoms with E-state index in [2.05, 4.69) is 0 Å². The Bertz CT molecular complexity index is 1430. The number of hydrogen-bond acceptors (Lipinski definition) is 7. The first kappa shape index (κ1) is 25.1. The Morgan fingerprint density at radius 2 is 0.865 bits per heavy atom. The minimum absolute atomic E-state index is 0.00199. The lowest BCUT2D eigenvalue weighted by Crippen LogP contribution is -2.15. The Morgan fingerprint density at radius 3 is 1.24 bits per heavy atom. The highest BCUT2D eigenvalue weighted by Crippen LogP contribution is 2.37. The van der Waals surface area contributed by atoms with Gasteiger partial charge in [-0.1, -0.05) is 61.5 Å². The minimum atomic E-state index is -0.729. The molecule has 184 valence electrons. The summed E-state index contributed by atoms with van der Waals surface area (Å²) in [5.41, 5.74) is 0.770. The number of esters is 3. The van der Waals surface area contributed by atoms with Crippen LogP contribution in [0, 0.1) is 0 Å². The summed E-state index contributed by atoms with van der Waals surface area (Å²) in [5.74, 6) is -3.02. The molecule has 37 heavy (non-hydrogen) atoms. The zero-order valence-electron chi connectivity index (χ0n) is 19.9. The molecular formula is C30H22O7. The third-order valence-electron chi connectivity index (χ3n) is 5.30. The monoisotopic (exact) mass is 494 g/mol. The van der Waals surface area contributed by atoms with Crippen LogP contribution in [0.15, 0.2) is 103 Å². The summed E-state index contributed by atoms with van der Waals surface area (Å²) in [6.45, 7) is 1.64. The number of ether oxygens (including phenoxy) is 3. The molecule has 4 aromatic rings. The standard InChI is InChI=1S/C30H22O7/c1-2-24(31)23-18-26(36-29(33)21-14-8-4-9-15-21)27(37-30(34)22-16-10-5-11-17-22)19-25(23)35-28(32)20-12-6-3-7-13-20/h3-19H,2H2,1H3. The van der Waals surface area contributed by atoms with Gasteiger partial charge in [-0.25, -0.2) is 14.4 Å². The summed E-state index contributed by atoms with van der Waals surface area (Å²) in [7, 11) is 0. The van der Waals surface area contributed by atoms with Crippen molar-refractivity contribution in [3.8, 4) is 17.2 Å². The Morgan fingerprint density at radius 1 is 0.514 bits per heavy atom. The Kier molecular flexibility index (Phi) is 7.85. The van der Waals surface area contributed by atoms with Gasteiger partial charge in [0.05, 0.1) is 22.3 Å². The maximum absolute atomic E-state index is 12.8. The van der Waals surface area contributed by atoms with Crippen molar-refractivity contribution in [2.24, 2.45) is 0 Å². The summed E-state index contributed by atoms with van der Waals surface area (Å²) >= 11 is 0. The van der Waals surface area contributed by atoms with Crippen LogP contribution in [0.1, 0.15) is 54.8 Å². The van der Waals surface area contributed by atoms with Crippen molar-refractivity contribution in [3.05, 3.63) is 125 Å². The summed E-state index contributed by atoms with van der Waals surface area (Å²) in [4.78, 5) is 51.1. The van der Waals surface area contributed by atoms with E-state index >= 15 is 0 Å². The van der Waals surface area contributed by atoms with Crippen LogP contribution in [0.5, 0.6) is 17.2 Å². The molecule has 0 bridgehead atoms. The van der Waals surface area contributed by atoms with E-state index in [0.29, 0.717) is 0 Å². The van der Waals surface area contributed by atoms with Gasteiger partial charge in [0.1, 0.15) is 5.75 Å². The van der Waals surface area contributed by atoms with Crippen LogP contribution in [-0.2, 0) is 0 Å². The highest BCUT2D eigenvalue weighted by molar-refractivity contribution is 6.02. The van der Waals surface area contributed by atoms with Gasteiger partial charge in [0.2, 0.25) is 0 Å². The molecule has 4 aromatic carbocycles. The minimum Gasteiger partial charge on any atom is -0.422 e. The Balaban J connectivity index is 1.76. The third-order valence-corrected chi connectivity index (χ3v) is 5.30. The molecular weight excluding hydrogens is 472 g/mol. The summed E-state index contributed by atoms with van der Waals surface area (Å²) in [5, 5.41) is 0. The first-order chi connectivity index (χ1) is 18.0. The number of hydrogen-bond donors (Lipinski definition) is 0. The summed E-state index contributed by atoms with van der Waals surface area (Å²) in [6.07, 6.45) is 0.0884. The molecule has 0 fully saturated rings. The molecule has 7 nitrogen and oxygen atoms in total. The van der Waals surface area contributed by atoms with Gasteiger partial charge in [-0.3, -0.25) is 4.79 Å². The smallest absolute Gasteiger partial charge is 0.343 e. The maximum atomic E-state index is 12.8. The summed E-state index contributed by atoms with van der Waals surface area (Å²) in [6, 6.07) is 27.1. The zero-order chi connectivity index (χ0) is 26.2. The molecule has 0 aromatic heterocycles. The van der Waals surface area contributed by atoms with E-state index in [1.54, 1.807) is 97.9 Å². The second-order valence-corrected chi connectivity index (χ2v) is 7.84. The number of rotatable bonds is 8. The van der Waals surface area contributed by atoms with E-state index in [4.69, 9.17) is 14.2 Å². The number of Topliss-reactive ketones (excluding diaryl/α,β-unsaturated/α-hetero) is 1. The quantitative estimate of drug-likeness (QED) is 0.170. The molecule has 0 aliphatic carbocycles. The average Bonchev–Trinajstić information content (AvgIpc) is 2.95. The molecule has 0 radical (unpaired) electrons. The molecule has 0 unspecified atom stereocenters. The van der Waals surface area contributed by atoms with Gasteiger partial charge in [-0.15, -0.1) is 0 Å². The first-order valence-corrected chi connectivity index (χ1v) is 11.5. The Labute approximate surface area is 213 Å². The van der Waals surface area contributed by atoms with Gasteiger partial charge in [0.15, 0.2) is 17.3 Å². The van der Waals surface area contributed by atoms with Gasteiger partial charge in [-0.05, 0) is 42.5 Å². The fourth-order valence-electron chi connectivity index (χ4n) is 3.39. The van der Waals surface area contributed by atoms with Crippen LogP contribution in [0.2, 0.25) is 0 Å². The number of benzene rings is 4. The molecule has 7 heteroatoms. The topological polar surface area (TPSA) is 96.0 Å². The van der Waals surface area contributed by atoms with E-state index in [0.717, 1.165) is 0 Å². The second kappa shape index (κ2) is 11.6. The van der Waals surface area contributed by atoms with Crippen LogP contribution in [-0.4, -0.2) is 23.7 Å². The normalized spacial score (nSPS) is 10.3. The van der Waals surface area contributed by atoms with Crippen molar-refractivity contribution in [1.82, 2.24) is 0 Å². The molecule has 0 aliphatic heterocycles. The van der Waals surface area contributed by atoms with Gasteiger partial charge in [-0.2, -0.15) is 0 Å². The maximum Gasteiger partial charge on any atom is 0.343 e. The largest absolute Gasteiger partial charge is 0.422 e. The number of carbonyl (C=O) groups is 4. The van der Waals surface area contributed by atoms with Crippen LogP contribution >= 0.6 is 0 Å². The van der Waals surface area contributed by atoms with Gasteiger partial charge >= 0.3 is 17.9 Å². The van der Waals surface area contributed by atoms with Crippen molar-refractivity contribution in [2.75, 3.05) is 0 Å². The average molecular weight is 494 g/mol. The molecule has 4 rings (SSSR count). The van der Waals surface area contributed by atoms with Crippen molar-refractivity contribution in [1.29, 1.82) is 0 Å². The highest BCUT2D eigenvalue weighted by atomic mass is 16.6. The lowest BCUT2D eigenvalue weighted by atomic mass is 10.1. The second-order valence-electron chi connectivity index (χ2n) is 7.84. The highest BCUT2D eigenvalue weighted by Gasteiger charge is 2.24. The fourth-order valence-corrected chi connectivity index (χ4v) is 3.39. The van der Waals surface area contributed by atoms with Crippen LogP contribution in [0.3, 0.4) is 0 Å². The third kappa shape index (κ3) is 6.15. The zero-order valence-corrected chi connectivity index (χ0v) is 19.9. The lowest BCUT2D eigenvalue weighted by molar-refractivity contribution is 0.0678. The van der Waals surface area contributed by atoms with E-state index in [1.807, 2.05) is 0 Å². The summed E-state index contributed by atoms with van der Waals surface area (Å²) < 4.78 is 16.6. The first-order valence-electron chi connectivity index (χ1n) is 11.5. The molecule has 0 heterocycles. The number of carbonyl (C=O) groups excluding carboxylic acids is 4. The van der Waals surface area contributed by atoms with Gasteiger partial charge in [0, 0.05) is 12.5 Å². The van der Waals surface area contributed by atoms with Crippen molar-refractivity contribution >= 4 is 23.7 Å². The fraction of sp³-hybridized carbons (Fsp3) is 0.0667. The van der Waals surface area contributed by atoms with E-state index < -0.39 is 17.9 Å². The molecule has 0 aliphatic rings. The molecule has 0 saturated carbocycles. The van der Waals surface area contributed by atoms with Crippen LogP contribution in [0.4, 0.5) is 0 Å². The van der Waals surface area contributed by atoms with E-state index in [9.17, 15) is 19.2 Å². The number of ketones is 1. The molecule has 0 amide bonds.